The number of aryl methyl sites for hydroxylation is 1. The second-order valence-electron chi connectivity index (χ2n) is 5.54. The largest absolute Gasteiger partial charge is 0.329 e. The summed E-state index contributed by atoms with van der Waals surface area (Å²) in [5.41, 5.74) is -1.04. The molecule has 19 heavy (non-hydrogen) atoms. The van der Waals surface area contributed by atoms with Gasteiger partial charge in [0.05, 0.1) is 12.9 Å². The van der Waals surface area contributed by atoms with E-state index in [-0.39, 0.29) is 23.5 Å². The summed E-state index contributed by atoms with van der Waals surface area (Å²) in [5.74, 6) is -0.0138. The van der Waals surface area contributed by atoms with Gasteiger partial charge in [-0.2, -0.15) is 0 Å². The smallest absolute Gasteiger partial charge is 0.317 e. The highest BCUT2D eigenvalue weighted by Crippen LogP contribution is 2.16. The average Bonchev–Trinajstić information content (AvgIpc) is 2.69. The molecule has 0 aliphatic carbocycles. The second-order valence-corrected chi connectivity index (χ2v) is 5.54. The molecule has 0 radical (unpaired) electrons. The van der Waals surface area contributed by atoms with Crippen molar-refractivity contribution in [2.75, 3.05) is 0 Å². The summed E-state index contributed by atoms with van der Waals surface area (Å²) >= 11 is 0. The number of Topliss-reactive ketones (excluding diaryl/α,β-unsaturated/α-hetero) is 1. The Balaban J connectivity index is 2.59. The van der Waals surface area contributed by atoms with Gasteiger partial charge in [0, 0.05) is 12.5 Å². The number of nitrogens with zero attached hydrogens (tertiary/aromatic N) is 3. The minimum atomic E-state index is -0.530. The van der Waals surface area contributed by atoms with E-state index in [4.69, 9.17) is 0 Å². The zero-order valence-corrected chi connectivity index (χ0v) is 11.4. The lowest BCUT2D eigenvalue weighted by Gasteiger charge is -2.16. The maximum absolute atomic E-state index is 12.0. The van der Waals surface area contributed by atoms with E-state index < -0.39 is 16.7 Å². The molecule has 0 saturated carbocycles. The van der Waals surface area contributed by atoms with E-state index in [0.717, 1.165) is 0 Å². The molecule has 0 unspecified atom stereocenters. The molecule has 0 bridgehead atoms. The van der Waals surface area contributed by atoms with Crippen molar-refractivity contribution >= 4 is 16.9 Å². The van der Waals surface area contributed by atoms with Gasteiger partial charge in [0.2, 0.25) is 0 Å². The number of aromatic nitrogens is 4. The van der Waals surface area contributed by atoms with Crippen LogP contribution >= 0.6 is 0 Å². The quantitative estimate of drug-likeness (QED) is 0.829. The molecular weight excluding hydrogens is 248 g/mol. The molecule has 0 aromatic carbocycles. The van der Waals surface area contributed by atoms with Crippen LogP contribution in [-0.4, -0.2) is 24.9 Å². The van der Waals surface area contributed by atoms with Gasteiger partial charge in [-0.3, -0.25) is 19.1 Å². The third-order valence-corrected chi connectivity index (χ3v) is 3.03. The number of hydrogen-bond donors (Lipinski definition) is 1. The van der Waals surface area contributed by atoms with E-state index in [2.05, 4.69) is 9.97 Å². The monoisotopic (exact) mass is 264 g/mol. The fourth-order valence-corrected chi connectivity index (χ4v) is 1.70. The number of H-pyrrole nitrogens is 1. The molecule has 0 aliphatic heterocycles. The molecule has 0 spiro atoms. The molecule has 2 aromatic rings. The Morgan fingerprint density at radius 3 is 2.58 bits per heavy atom. The number of aromatic amines is 1. The van der Waals surface area contributed by atoms with Crippen LogP contribution in [0.15, 0.2) is 15.9 Å². The number of carbonyl (C=O) groups excluding carboxylic acids is 1. The van der Waals surface area contributed by atoms with Crippen molar-refractivity contribution in [3.63, 3.8) is 0 Å². The summed E-state index contributed by atoms with van der Waals surface area (Å²) < 4.78 is 2.72. The molecule has 2 aromatic heterocycles. The van der Waals surface area contributed by atoms with Crippen molar-refractivity contribution in [3.8, 4) is 0 Å². The predicted octanol–water partition coefficient (Wildman–Crippen LogP) is 0.0385. The zero-order chi connectivity index (χ0) is 14.4. The second kappa shape index (κ2) is 4.18. The standard InChI is InChI=1S/C12H16N4O3/c1-12(2,3)7(17)5-16-6-13-9-8(16)10(18)14-11(19)15(9)4/h6H,5H2,1-4H3,(H,14,18,19). The number of hydrogen-bond acceptors (Lipinski definition) is 4. The van der Waals surface area contributed by atoms with E-state index in [1.165, 1.54) is 22.5 Å². The first-order valence-electron chi connectivity index (χ1n) is 5.89. The predicted molar refractivity (Wildman–Crippen MR) is 70.1 cm³/mol. The lowest BCUT2D eigenvalue weighted by Crippen LogP contribution is -2.30. The van der Waals surface area contributed by atoms with Gasteiger partial charge in [-0.25, -0.2) is 9.78 Å². The van der Waals surface area contributed by atoms with Crippen LogP contribution in [-0.2, 0) is 18.4 Å². The molecule has 1 N–H and O–H groups in total. The molecule has 2 rings (SSSR count). The minimum absolute atomic E-state index is 0.0138. The Hall–Kier alpha value is -2.18. The van der Waals surface area contributed by atoms with E-state index in [0.29, 0.717) is 0 Å². The van der Waals surface area contributed by atoms with Crippen LogP contribution in [0.1, 0.15) is 20.8 Å². The molecule has 0 saturated heterocycles. The highest BCUT2D eigenvalue weighted by molar-refractivity contribution is 5.84. The Morgan fingerprint density at radius 2 is 2.00 bits per heavy atom. The van der Waals surface area contributed by atoms with Crippen molar-refractivity contribution in [2.45, 2.75) is 27.3 Å². The number of nitrogens with one attached hydrogen (secondary N) is 1. The maximum atomic E-state index is 12.0. The van der Waals surface area contributed by atoms with Gasteiger partial charge in [-0.1, -0.05) is 20.8 Å². The summed E-state index contributed by atoms with van der Waals surface area (Å²) in [6.45, 7) is 5.50. The summed E-state index contributed by atoms with van der Waals surface area (Å²) in [6.07, 6.45) is 1.41. The fourth-order valence-electron chi connectivity index (χ4n) is 1.70. The molecule has 0 atom stereocenters. The first kappa shape index (κ1) is 13.3. The molecule has 0 aliphatic rings. The van der Waals surface area contributed by atoms with Gasteiger partial charge in [0.15, 0.2) is 16.9 Å². The fraction of sp³-hybridized carbons (Fsp3) is 0.500. The van der Waals surface area contributed by atoms with E-state index >= 15 is 0 Å². The van der Waals surface area contributed by atoms with Gasteiger partial charge < -0.3 is 4.57 Å². The highest BCUT2D eigenvalue weighted by atomic mass is 16.2. The lowest BCUT2D eigenvalue weighted by molar-refractivity contribution is -0.126. The Morgan fingerprint density at radius 1 is 1.37 bits per heavy atom. The van der Waals surface area contributed by atoms with E-state index in [9.17, 15) is 14.4 Å². The van der Waals surface area contributed by atoms with Crippen LogP contribution in [0.4, 0.5) is 0 Å². The van der Waals surface area contributed by atoms with Crippen LogP contribution < -0.4 is 11.2 Å². The van der Waals surface area contributed by atoms with Crippen LogP contribution in [0.25, 0.3) is 11.2 Å². The van der Waals surface area contributed by atoms with Crippen molar-refractivity contribution in [1.29, 1.82) is 0 Å². The molecule has 0 amide bonds. The van der Waals surface area contributed by atoms with Gasteiger partial charge >= 0.3 is 5.69 Å². The number of rotatable bonds is 2. The van der Waals surface area contributed by atoms with Gasteiger partial charge in [-0.05, 0) is 0 Å². The SMILES string of the molecule is Cn1c(=O)[nH]c(=O)c2c1ncn2CC(=O)C(C)(C)C. The molecule has 2 heterocycles. The number of fused-ring (bicyclic) bond motifs is 1. The Labute approximate surface area is 108 Å². The average molecular weight is 264 g/mol. The summed E-state index contributed by atoms with van der Waals surface area (Å²) in [5, 5.41) is 0. The van der Waals surface area contributed by atoms with Crippen molar-refractivity contribution in [3.05, 3.63) is 27.2 Å². The number of imidazole rings is 1. The first-order chi connectivity index (χ1) is 8.71. The van der Waals surface area contributed by atoms with Crippen molar-refractivity contribution in [2.24, 2.45) is 12.5 Å². The lowest BCUT2D eigenvalue weighted by atomic mass is 9.91. The van der Waals surface area contributed by atoms with Crippen LogP contribution in [0, 0.1) is 5.41 Å². The number of carbonyl (C=O) groups is 1. The highest BCUT2D eigenvalue weighted by Gasteiger charge is 2.23. The van der Waals surface area contributed by atoms with Crippen LogP contribution in [0.5, 0.6) is 0 Å². The third kappa shape index (κ3) is 2.23. The van der Waals surface area contributed by atoms with Crippen molar-refractivity contribution in [1.82, 2.24) is 19.1 Å². The third-order valence-electron chi connectivity index (χ3n) is 3.03. The van der Waals surface area contributed by atoms with E-state index in [1.54, 1.807) is 0 Å². The van der Waals surface area contributed by atoms with Crippen molar-refractivity contribution < 1.29 is 4.79 Å². The molecular formula is C12H16N4O3. The minimum Gasteiger partial charge on any atom is -0.317 e. The molecule has 0 fully saturated rings. The maximum Gasteiger partial charge on any atom is 0.329 e. The normalized spacial score (nSPS) is 12.0. The van der Waals surface area contributed by atoms with Crippen LogP contribution in [0.3, 0.4) is 0 Å². The summed E-state index contributed by atoms with van der Waals surface area (Å²) in [6, 6.07) is 0. The topological polar surface area (TPSA) is 89.8 Å². The molecule has 102 valence electrons. The summed E-state index contributed by atoms with van der Waals surface area (Å²) in [4.78, 5) is 41.5. The molecule has 7 nitrogen and oxygen atoms in total. The molecule has 7 heteroatoms. The van der Waals surface area contributed by atoms with Gasteiger partial charge in [0.25, 0.3) is 5.56 Å². The summed E-state index contributed by atoms with van der Waals surface area (Å²) in [7, 11) is 1.52. The van der Waals surface area contributed by atoms with Gasteiger partial charge in [0.1, 0.15) is 0 Å². The first-order valence-corrected chi connectivity index (χ1v) is 5.89. The van der Waals surface area contributed by atoms with E-state index in [1.807, 2.05) is 20.8 Å². The van der Waals surface area contributed by atoms with Crippen LogP contribution in [0.2, 0.25) is 0 Å². The Bertz CT molecular complexity index is 758. The number of ketones is 1. The van der Waals surface area contributed by atoms with Gasteiger partial charge in [-0.15, -0.1) is 0 Å². The zero-order valence-electron chi connectivity index (χ0n) is 11.4. The Kier molecular flexibility index (Phi) is 2.92.